The molecule has 1 atom stereocenters. The van der Waals surface area contributed by atoms with Crippen LogP contribution in [-0.2, 0) is 0 Å². The smallest absolute Gasteiger partial charge is 0.290 e. The van der Waals surface area contributed by atoms with Gasteiger partial charge in [-0.25, -0.2) is 15.0 Å². The molecule has 0 bridgehead atoms. The van der Waals surface area contributed by atoms with Crippen LogP contribution in [0.2, 0.25) is 0 Å². The first-order valence-corrected chi connectivity index (χ1v) is 7.06. The highest BCUT2D eigenvalue weighted by Crippen LogP contribution is 2.17. The lowest BCUT2D eigenvalue weighted by Gasteiger charge is -2.33. The van der Waals surface area contributed by atoms with Gasteiger partial charge in [-0.3, -0.25) is 4.79 Å². The average molecular weight is 286 g/mol. The minimum Gasteiger partial charge on any atom is -0.365 e. The highest BCUT2D eigenvalue weighted by Gasteiger charge is 2.22. The number of hydrogen-bond donors (Lipinski definition) is 2. The molecule has 1 aliphatic heterocycles. The number of rotatable bonds is 3. The molecule has 2 aromatic rings. The molecule has 21 heavy (non-hydrogen) atoms. The van der Waals surface area contributed by atoms with Gasteiger partial charge in [-0.05, 0) is 19.8 Å². The van der Waals surface area contributed by atoms with E-state index in [1.165, 1.54) is 0 Å². The lowest BCUT2D eigenvalue weighted by atomic mass is 10.1. The molecule has 0 saturated carbocycles. The summed E-state index contributed by atoms with van der Waals surface area (Å²) in [6.45, 7) is 3.53. The third kappa shape index (κ3) is 3.18. The van der Waals surface area contributed by atoms with Crippen LogP contribution >= 0.6 is 0 Å². The van der Waals surface area contributed by atoms with Gasteiger partial charge in [0.2, 0.25) is 0 Å². The molecule has 0 spiro atoms. The molecular weight excluding hydrogens is 268 g/mol. The number of aryl methyl sites for hydroxylation is 1. The molecule has 1 aliphatic rings. The van der Waals surface area contributed by atoms with Crippen molar-refractivity contribution in [3.63, 3.8) is 0 Å². The summed E-state index contributed by atoms with van der Waals surface area (Å²) in [5, 5.41) is 3.41. The van der Waals surface area contributed by atoms with Gasteiger partial charge in [0.05, 0.1) is 0 Å². The summed E-state index contributed by atoms with van der Waals surface area (Å²) < 4.78 is 0. The lowest BCUT2D eigenvalue weighted by molar-refractivity contribution is 0.524. The van der Waals surface area contributed by atoms with Crippen molar-refractivity contribution in [1.82, 2.24) is 19.9 Å². The van der Waals surface area contributed by atoms with E-state index in [2.05, 4.69) is 25.3 Å². The summed E-state index contributed by atoms with van der Waals surface area (Å²) in [6.07, 6.45) is 6.78. The van der Waals surface area contributed by atoms with Gasteiger partial charge < -0.3 is 15.2 Å². The molecular formula is C14H18N6O. The van der Waals surface area contributed by atoms with Crippen molar-refractivity contribution in [1.29, 1.82) is 0 Å². The van der Waals surface area contributed by atoms with Crippen LogP contribution in [0.1, 0.15) is 18.5 Å². The molecule has 0 aromatic carbocycles. The minimum absolute atomic E-state index is 0.143. The number of nitrogens with zero attached hydrogens (tertiary/aromatic N) is 4. The summed E-state index contributed by atoms with van der Waals surface area (Å²) in [5.74, 6) is 1.31. The fourth-order valence-electron chi connectivity index (χ4n) is 2.60. The Morgan fingerprint density at radius 1 is 1.38 bits per heavy atom. The quantitative estimate of drug-likeness (QED) is 0.873. The monoisotopic (exact) mass is 286 g/mol. The van der Waals surface area contributed by atoms with Gasteiger partial charge in [-0.2, -0.15) is 0 Å². The Hall–Kier alpha value is -2.44. The number of H-pyrrole nitrogens is 1. The van der Waals surface area contributed by atoms with Crippen molar-refractivity contribution in [3.8, 4) is 0 Å². The lowest BCUT2D eigenvalue weighted by Crippen LogP contribution is -2.44. The van der Waals surface area contributed by atoms with E-state index in [4.69, 9.17) is 0 Å². The Balaban J connectivity index is 1.71. The molecule has 0 unspecified atom stereocenters. The van der Waals surface area contributed by atoms with Crippen molar-refractivity contribution in [2.75, 3.05) is 23.3 Å². The van der Waals surface area contributed by atoms with Gasteiger partial charge in [0.25, 0.3) is 5.56 Å². The second-order valence-corrected chi connectivity index (χ2v) is 5.22. The molecule has 0 radical (unpaired) electrons. The summed E-state index contributed by atoms with van der Waals surface area (Å²) in [6, 6.07) is 2.17. The van der Waals surface area contributed by atoms with Gasteiger partial charge in [0.1, 0.15) is 12.1 Å². The van der Waals surface area contributed by atoms with Crippen LogP contribution < -0.4 is 15.8 Å². The van der Waals surface area contributed by atoms with Crippen LogP contribution in [0.5, 0.6) is 0 Å². The van der Waals surface area contributed by atoms with Gasteiger partial charge in [0.15, 0.2) is 5.82 Å². The normalized spacial score (nSPS) is 18.5. The number of piperidine rings is 1. The molecule has 1 fully saturated rings. The fraction of sp³-hybridized carbons (Fsp3) is 0.429. The van der Waals surface area contributed by atoms with Crippen LogP contribution in [0, 0.1) is 6.92 Å². The van der Waals surface area contributed by atoms with Crippen molar-refractivity contribution in [3.05, 3.63) is 40.8 Å². The molecule has 0 aliphatic carbocycles. The Morgan fingerprint density at radius 3 is 3.10 bits per heavy atom. The van der Waals surface area contributed by atoms with E-state index in [-0.39, 0.29) is 11.6 Å². The number of nitrogens with one attached hydrogen (secondary N) is 2. The van der Waals surface area contributed by atoms with Crippen LogP contribution in [0.3, 0.4) is 0 Å². The maximum absolute atomic E-state index is 11.8. The Morgan fingerprint density at radius 2 is 2.29 bits per heavy atom. The number of anilines is 2. The molecule has 3 heterocycles. The zero-order valence-electron chi connectivity index (χ0n) is 11.9. The first-order valence-electron chi connectivity index (χ1n) is 7.06. The first kappa shape index (κ1) is 13.5. The maximum Gasteiger partial charge on any atom is 0.290 e. The fourth-order valence-corrected chi connectivity index (χ4v) is 2.60. The molecule has 2 N–H and O–H groups in total. The molecule has 110 valence electrons. The molecule has 3 rings (SSSR count). The van der Waals surface area contributed by atoms with Crippen molar-refractivity contribution >= 4 is 11.6 Å². The Labute approximate surface area is 122 Å². The largest absolute Gasteiger partial charge is 0.365 e. The van der Waals surface area contributed by atoms with Crippen molar-refractivity contribution in [2.24, 2.45) is 0 Å². The van der Waals surface area contributed by atoms with Gasteiger partial charge in [-0.15, -0.1) is 0 Å². The van der Waals surface area contributed by atoms with Crippen LogP contribution in [0.15, 0.2) is 29.6 Å². The van der Waals surface area contributed by atoms with Gasteiger partial charge >= 0.3 is 0 Å². The van der Waals surface area contributed by atoms with E-state index in [1.54, 1.807) is 18.7 Å². The van der Waals surface area contributed by atoms with Gasteiger partial charge in [-0.1, -0.05) is 0 Å². The molecule has 0 amide bonds. The first-order chi connectivity index (χ1) is 10.2. The third-order valence-electron chi connectivity index (χ3n) is 3.57. The number of aromatic nitrogens is 4. The molecule has 2 aromatic heterocycles. The van der Waals surface area contributed by atoms with Crippen LogP contribution in [-0.4, -0.2) is 39.1 Å². The summed E-state index contributed by atoms with van der Waals surface area (Å²) in [7, 11) is 0. The van der Waals surface area contributed by atoms with Gasteiger partial charge in [0, 0.05) is 43.3 Å². The maximum atomic E-state index is 11.8. The van der Waals surface area contributed by atoms with E-state index in [9.17, 15) is 4.79 Å². The summed E-state index contributed by atoms with van der Waals surface area (Å²) in [5.41, 5.74) is 0.789. The summed E-state index contributed by atoms with van der Waals surface area (Å²) >= 11 is 0. The SMILES string of the molecule is Cc1cc(N[C@H]2CCCN(c3ncc[nH]c3=O)C2)ncn1. The summed E-state index contributed by atoms with van der Waals surface area (Å²) in [4.78, 5) is 29.0. The number of hydrogen-bond acceptors (Lipinski definition) is 6. The number of aromatic amines is 1. The van der Waals surface area contributed by atoms with Crippen LogP contribution in [0.25, 0.3) is 0 Å². The standard InChI is InChI=1S/C14H18N6O/c1-10-7-12(18-9-17-10)19-11-3-2-6-20(8-11)13-14(21)16-5-4-15-13/h4-5,7,9,11H,2-3,6,8H2,1H3,(H,16,21)(H,17,18,19)/t11-/m0/s1. The Kier molecular flexibility index (Phi) is 3.81. The predicted molar refractivity (Wildman–Crippen MR) is 80.5 cm³/mol. The molecule has 1 saturated heterocycles. The van der Waals surface area contributed by atoms with E-state index in [1.807, 2.05) is 17.9 Å². The van der Waals surface area contributed by atoms with E-state index in [0.717, 1.165) is 37.4 Å². The second-order valence-electron chi connectivity index (χ2n) is 5.22. The van der Waals surface area contributed by atoms with Crippen molar-refractivity contribution in [2.45, 2.75) is 25.8 Å². The molecule has 7 nitrogen and oxygen atoms in total. The zero-order valence-corrected chi connectivity index (χ0v) is 11.9. The van der Waals surface area contributed by atoms with E-state index >= 15 is 0 Å². The Bertz CT molecular complexity index is 670. The highest BCUT2D eigenvalue weighted by molar-refractivity contribution is 5.40. The van der Waals surface area contributed by atoms with Crippen molar-refractivity contribution < 1.29 is 0 Å². The van der Waals surface area contributed by atoms with E-state index in [0.29, 0.717) is 5.82 Å². The second kappa shape index (κ2) is 5.90. The third-order valence-corrected chi connectivity index (χ3v) is 3.57. The predicted octanol–water partition coefficient (Wildman–Crippen LogP) is 0.949. The van der Waals surface area contributed by atoms with E-state index < -0.39 is 0 Å². The highest BCUT2D eigenvalue weighted by atomic mass is 16.1. The average Bonchev–Trinajstić information content (AvgIpc) is 2.48. The molecule has 7 heteroatoms. The van der Waals surface area contributed by atoms with Crippen LogP contribution in [0.4, 0.5) is 11.6 Å². The minimum atomic E-state index is -0.143. The zero-order chi connectivity index (χ0) is 14.7. The topological polar surface area (TPSA) is 86.8 Å².